The van der Waals surface area contributed by atoms with Crippen LogP contribution in [0.4, 0.5) is 11.8 Å². The fourth-order valence-corrected chi connectivity index (χ4v) is 5.90. The third kappa shape index (κ3) is 5.33. The lowest BCUT2D eigenvalue weighted by atomic mass is 10.1. The van der Waals surface area contributed by atoms with E-state index in [-0.39, 0.29) is 24.1 Å². The number of aliphatic hydroxyl groups is 1. The molecule has 0 amide bonds. The zero-order valence-corrected chi connectivity index (χ0v) is 20.8. The Morgan fingerprint density at radius 1 is 1.08 bits per heavy atom. The topological polar surface area (TPSA) is 152 Å². The monoisotopic (exact) mass is 520 g/mol. The Morgan fingerprint density at radius 3 is 2.65 bits per heavy atom. The van der Waals surface area contributed by atoms with E-state index in [1.807, 2.05) is 48.5 Å². The van der Waals surface area contributed by atoms with Gasteiger partial charge in [0.1, 0.15) is 16.4 Å². The summed E-state index contributed by atoms with van der Waals surface area (Å²) in [6.45, 7) is 1.56. The van der Waals surface area contributed by atoms with Crippen LogP contribution in [-0.2, 0) is 11.2 Å². The normalized spacial score (nSPS) is 20.5. The Labute approximate surface area is 216 Å². The molecule has 1 saturated heterocycles. The van der Waals surface area contributed by atoms with Gasteiger partial charge in [0.05, 0.1) is 22.4 Å². The van der Waals surface area contributed by atoms with Crippen molar-refractivity contribution in [3.63, 3.8) is 0 Å². The van der Waals surface area contributed by atoms with Crippen LogP contribution in [0.2, 0.25) is 0 Å². The molecule has 6 rings (SSSR count). The van der Waals surface area contributed by atoms with Crippen molar-refractivity contribution < 1.29 is 15.0 Å². The molecule has 10 nitrogen and oxygen atoms in total. The summed E-state index contributed by atoms with van der Waals surface area (Å²) in [5.74, 6) is 0.849. The number of rotatable bonds is 5. The highest BCUT2D eigenvalue weighted by atomic mass is 32.1. The molecule has 3 heterocycles. The number of nitrogens with zero attached hydrogens (tertiary/aromatic N) is 2. The van der Waals surface area contributed by atoms with E-state index in [2.05, 4.69) is 20.9 Å². The number of nitrogens with one attached hydrogen (secondary N) is 4. The smallest absolute Gasteiger partial charge is 0.290 e. The van der Waals surface area contributed by atoms with Crippen molar-refractivity contribution in [2.75, 3.05) is 23.7 Å². The van der Waals surface area contributed by atoms with Crippen molar-refractivity contribution in [2.24, 2.45) is 0 Å². The van der Waals surface area contributed by atoms with E-state index in [0.717, 1.165) is 47.3 Å². The molecule has 2 aliphatic rings. The van der Waals surface area contributed by atoms with Gasteiger partial charge in [-0.05, 0) is 42.6 Å². The Morgan fingerprint density at radius 2 is 1.86 bits per heavy atom. The average Bonchev–Trinajstić information content (AvgIpc) is 3.45. The molecule has 0 radical (unpaired) electrons. The summed E-state index contributed by atoms with van der Waals surface area (Å²) in [7, 11) is 0. The number of aliphatic hydroxyl groups excluding tert-OH is 1. The highest BCUT2D eigenvalue weighted by Gasteiger charge is 2.31. The number of hydrogen-bond acceptors (Lipinski definition) is 9. The number of anilines is 2. The van der Waals surface area contributed by atoms with Crippen molar-refractivity contribution in [3.05, 3.63) is 70.0 Å². The third-order valence-corrected chi connectivity index (χ3v) is 7.61. The number of aromatic nitrogens is 3. The number of aromatic amines is 1. The molecule has 1 aliphatic carbocycles. The molecule has 37 heavy (non-hydrogen) atoms. The second-order valence-electron chi connectivity index (χ2n) is 9.01. The summed E-state index contributed by atoms with van der Waals surface area (Å²) < 4.78 is 1.02. The third-order valence-electron chi connectivity index (χ3n) is 6.56. The molecule has 192 valence electrons. The number of hydrogen-bond donors (Lipinski definition) is 6. The van der Waals surface area contributed by atoms with E-state index in [1.54, 1.807) is 0 Å². The number of piperidine rings is 1. The fraction of sp³-hybridized carbons (Fsp3) is 0.308. The highest BCUT2D eigenvalue weighted by Crippen LogP contribution is 2.35. The Balaban J connectivity index is 0.000000892. The van der Waals surface area contributed by atoms with Gasteiger partial charge in [0.25, 0.3) is 12.0 Å². The van der Waals surface area contributed by atoms with Crippen LogP contribution in [0.25, 0.3) is 20.8 Å². The number of para-hydroxylation sites is 1. The van der Waals surface area contributed by atoms with E-state index in [1.165, 1.54) is 11.3 Å². The number of fused-ring (bicyclic) bond motifs is 2. The van der Waals surface area contributed by atoms with Crippen molar-refractivity contribution in [1.29, 1.82) is 0 Å². The maximum atomic E-state index is 13.4. The van der Waals surface area contributed by atoms with Crippen LogP contribution in [0.3, 0.4) is 0 Å². The van der Waals surface area contributed by atoms with E-state index < -0.39 is 6.10 Å². The Bertz CT molecular complexity index is 1420. The second kappa shape index (κ2) is 11.1. The van der Waals surface area contributed by atoms with Gasteiger partial charge in [0, 0.05) is 19.0 Å². The zero-order chi connectivity index (χ0) is 25.8. The summed E-state index contributed by atoms with van der Waals surface area (Å²) in [4.78, 5) is 34.2. The van der Waals surface area contributed by atoms with Crippen LogP contribution in [0.5, 0.6) is 0 Å². The lowest BCUT2D eigenvalue weighted by Crippen LogP contribution is -2.39. The SMILES string of the molecule is O=CO.O=c1[nH]c(N[C@@H]2c3ccccc3C[C@@H]2O)nc(N[C@@H]2CCCNC2)c1-c1nc2ccccc2s1. The molecule has 1 aliphatic heterocycles. The van der Waals surface area contributed by atoms with Gasteiger partial charge in [-0.25, -0.2) is 4.98 Å². The first kappa shape index (κ1) is 24.9. The molecule has 2 aromatic carbocycles. The van der Waals surface area contributed by atoms with Gasteiger partial charge in [0.15, 0.2) is 0 Å². The summed E-state index contributed by atoms with van der Waals surface area (Å²) in [6, 6.07) is 15.7. The number of thiazole rings is 1. The Hall–Kier alpha value is -3.80. The predicted octanol–water partition coefficient (Wildman–Crippen LogP) is 2.98. The lowest BCUT2D eigenvalue weighted by molar-refractivity contribution is -0.122. The molecule has 11 heteroatoms. The molecule has 0 unspecified atom stereocenters. The minimum absolute atomic E-state index is 0.168. The molecule has 0 saturated carbocycles. The number of H-pyrrole nitrogens is 1. The number of benzene rings is 2. The highest BCUT2D eigenvalue weighted by molar-refractivity contribution is 7.21. The first-order chi connectivity index (χ1) is 18.1. The van der Waals surface area contributed by atoms with E-state index >= 15 is 0 Å². The van der Waals surface area contributed by atoms with Gasteiger partial charge in [-0.15, -0.1) is 11.3 Å². The van der Waals surface area contributed by atoms with Crippen LogP contribution < -0.4 is 21.5 Å². The van der Waals surface area contributed by atoms with Crippen LogP contribution in [0.15, 0.2) is 53.3 Å². The summed E-state index contributed by atoms with van der Waals surface area (Å²) in [5.41, 5.74) is 3.18. The van der Waals surface area contributed by atoms with Gasteiger partial charge in [-0.1, -0.05) is 36.4 Å². The molecule has 3 atom stereocenters. The quantitative estimate of drug-likeness (QED) is 0.218. The van der Waals surface area contributed by atoms with Crippen molar-refractivity contribution >= 4 is 39.8 Å². The van der Waals surface area contributed by atoms with Crippen molar-refractivity contribution in [2.45, 2.75) is 37.5 Å². The standard InChI is InChI=1S/C25H26N6O2S.CH2O2/c32-18-12-14-6-1-2-8-16(14)21(18)29-25-30-22(27-15-7-5-11-26-13-15)20(23(33)31-25)24-28-17-9-3-4-10-19(17)34-24;2-1-3/h1-4,6,8-10,15,18,21,26,32H,5,7,11-13H2,(H3,27,29,30,31,33);1H,(H,2,3)/t15-,18+,21-;/m1./s1. The van der Waals surface area contributed by atoms with Gasteiger partial charge in [-0.3, -0.25) is 14.6 Å². The predicted molar refractivity (Wildman–Crippen MR) is 144 cm³/mol. The minimum Gasteiger partial charge on any atom is -0.483 e. The van der Waals surface area contributed by atoms with Crippen molar-refractivity contribution in [3.8, 4) is 10.6 Å². The first-order valence-corrected chi connectivity index (χ1v) is 13.0. The van der Waals surface area contributed by atoms with Gasteiger partial charge in [-0.2, -0.15) is 4.98 Å². The zero-order valence-electron chi connectivity index (χ0n) is 20.0. The number of carbonyl (C=O) groups is 1. The second-order valence-corrected chi connectivity index (χ2v) is 10.0. The molecular formula is C26H28N6O4S. The molecular weight excluding hydrogens is 492 g/mol. The molecule has 0 bridgehead atoms. The molecule has 4 aromatic rings. The van der Waals surface area contributed by atoms with Gasteiger partial charge >= 0.3 is 0 Å². The molecule has 6 N–H and O–H groups in total. The number of carboxylic acid groups (broad SMARTS) is 1. The Kier molecular flexibility index (Phi) is 7.45. The molecule has 0 spiro atoms. The van der Waals surface area contributed by atoms with E-state index in [0.29, 0.717) is 28.8 Å². The minimum atomic E-state index is -0.592. The van der Waals surface area contributed by atoms with Gasteiger partial charge in [0.2, 0.25) is 5.95 Å². The van der Waals surface area contributed by atoms with Crippen LogP contribution >= 0.6 is 11.3 Å². The average molecular weight is 521 g/mol. The summed E-state index contributed by atoms with van der Waals surface area (Å²) in [5, 5.41) is 28.4. The maximum absolute atomic E-state index is 13.4. The van der Waals surface area contributed by atoms with Crippen LogP contribution in [-0.4, -0.2) is 56.9 Å². The van der Waals surface area contributed by atoms with Crippen molar-refractivity contribution in [1.82, 2.24) is 20.3 Å². The maximum Gasteiger partial charge on any atom is 0.290 e. The van der Waals surface area contributed by atoms with Gasteiger partial charge < -0.3 is 26.2 Å². The van der Waals surface area contributed by atoms with Crippen LogP contribution in [0, 0.1) is 0 Å². The van der Waals surface area contributed by atoms with E-state index in [4.69, 9.17) is 19.9 Å². The lowest BCUT2D eigenvalue weighted by Gasteiger charge is -2.25. The van der Waals surface area contributed by atoms with Crippen LogP contribution in [0.1, 0.15) is 30.0 Å². The summed E-state index contributed by atoms with van der Waals surface area (Å²) >= 11 is 1.48. The largest absolute Gasteiger partial charge is 0.483 e. The summed E-state index contributed by atoms with van der Waals surface area (Å²) in [6.07, 6.45) is 2.04. The molecule has 1 fully saturated rings. The van der Waals surface area contributed by atoms with E-state index in [9.17, 15) is 9.90 Å². The fourth-order valence-electron chi connectivity index (χ4n) is 4.89. The first-order valence-electron chi connectivity index (χ1n) is 12.1. The molecule has 2 aromatic heterocycles.